The molecule has 0 radical (unpaired) electrons. The highest BCUT2D eigenvalue weighted by atomic mass is 16.5. The maximum atomic E-state index is 11.9. The number of aromatic hydroxyl groups is 1. The monoisotopic (exact) mass is 265 g/mol. The smallest absolute Gasteiger partial charge is 0.253 e. The third kappa shape index (κ3) is 3.84. The van der Waals surface area contributed by atoms with Crippen molar-refractivity contribution in [2.45, 2.75) is 0 Å². The first-order valence-corrected chi connectivity index (χ1v) is 6.33. The number of nitrogen functional groups attached to an aromatic ring is 1. The van der Waals surface area contributed by atoms with Gasteiger partial charge in [0.25, 0.3) is 5.91 Å². The Bertz CT molecular complexity index is 445. The lowest BCUT2D eigenvalue weighted by Crippen LogP contribution is -2.41. The molecule has 104 valence electrons. The SMILES string of the molecule is Nc1ccc(O)cc1C(=O)NCCN1CCOCC1. The van der Waals surface area contributed by atoms with Crippen LogP contribution in [0.15, 0.2) is 18.2 Å². The van der Waals surface area contributed by atoms with Crippen molar-refractivity contribution in [3.63, 3.8) is 0 Å². The van der Waals surface area contributed by atoms with E-state index < -0.39 is 0 Å². The highest BCUT2D eigenvalue weighted by Crippen LogP contribution is 2.18. The zero-order chi connectivity index (χ0) is 13.7. The van der Waals surface area contributed by atoms with Gasteiger partial charge < -0.3 is 20.9 Å². The van der Waals surface area contributed by atoms with E-state index in [0.717, 1.165) is 32.8 Å². The van der Waals surface area contributed by atoms with Gasteiger partial charge in [-0.2, -0.15) is 0 Å². The first kappa shape index (κ1) is 13.6. The van der Waals surface area contributed by atoms with Crippen molar-refractivity contribution >= 4 is 11.6 Å². The second kappa shape index (κ2) is 6.40. The Morgan fingerprint density at radius 3 is 2.89 bits per heavy atom. The molecular weight excluding hydrogens is 246 g/mol. The molecule has 1 aromatic carbocycles. The molecule has 1 heterocycles. The molecule has 0 spiro atoms. The summed E-state index contributed by atoms with van der Waals surface area (Å²) < 4.78 is 5.25. The predicted octanol–water partition coefficient (Wildman–Crippen LogP) is 0.0364. The van der Waals surface area contributed by atoms with Gasteiger partial charge in [-0.15, -0.1) is 0 Å². The van der Waals surface area contributed by atoms with Crippen LogP contribution >= 0.6 is 0 Å². The minimum Gasteiger partial charge on any atom is -0.508 e. The van der Waals surface area contributed by atoms with Gasteiger partial charge in [-0.05, 0) is 18.2 Å². The fraction of sp³-hybridized carbons (Fsp3) is 0.462. The van der Waals surface area contributed by atoms with Crippen molar-refractivity contribution in [2.24, 2.45) is 0 Å². The zero-order valence-corrected chi connectivity index (χ0v) is 10.8. The largest absolute Gasteiger partial charge is 0.508 e. The molecule has 0 bridgehead atoms. The summed E-state index contributed by atoms with van der Waals surface area (Å²) in [5, 5.41) is 12.2. The molecule has 0 saturated carbocycles. The van der Waals surface area contributed by atoms with E-state index in [4.69, 9.17) is 10.5 Å². The Labute approximate surface area is 112 Å². The van der Waals surface area contributed by atoms with E-state index in [-0.39, 0.29) is 11.7 Å². The first-order valence-electron chi connectivity index (χ1n) is 6.33. The predicted molar refractivity (Wildman–Crippen MR) is 72.1 cm³/mol. The summed E-state index contributed by atoms with van der Waals surface area (Å²) in [5.41, 5.74) is 6.38. The molecule has 1 aliphatic rings. The third-order valence-corrected chi connectivity index (χ3v) is 3.10. The molecule has 1 aliphatic heterocycles. The molecule has 0 unspecified atom stereocenters. The van der Waals surface area contributed by atoms with Gasteiger partial charge >= 0.3 is 0 Å². The lowest BCUT2D eigenvalue weighted by molar-refractivity contribution is 0.0383. The number of carbonyl (C=O) groups is 1. The summed E-state index contributed by atoms with van der Waals surface area (Å²) in [7, 11) is 0. The molecule has 1 amide bonds. The van der Waals surface area contributed by atoms with E-state index in [9.17, 15) is 9.90 Å². The Balaban J connectivity index is 1.82. The van der Waals surface area contributed by atoms with Crippen LogP contribution in [0.4, 0.5) is 5.69 Å². The van der Waals surface area contributed by atoms with Gasteiger partial charge in [0.2, 0.25) is 0 Å². The lowest BCUT2D eigenvalue weighted by Gasteiger charge is -2.26. The first-order chi connectivity index (χ1) is 9.16. The van der Waals surface area contributed by atoms with Crippen molar-refractivity contribution < 1.29 is 14.6 Å². The van der Waals surface area contributed by atoms with Crippen molar-refractivity contribution in [3.8, 4) is 5.75 Å². The van der Waals surface area contributed by atoms with E-state index in [0.29, 0.717) is 17.8 Å². The normalized spacial score (nSPS) is 16.2. The quantitative estimate of drug-likeness (QED) is 0.528. The van der Waals surface area contributed by atoms with Gasteiger partial charge in [-0.1, -0.05) is 0 Å². The van der Waals surface area contributed by atoms with Gasteiger partial charge in [0.05, 0.1) is 18.8 Å². The van der Waals surface area contributed by atoms with Crippen LogP contribution in [0.1, 0.15) is 10.4 Å². The van der Waals surface area contributed by atoms with Crippen LogP contribution in [0.25, 0.3) is 0 Å². The van der Waals surface area contributed by atoms with Crippen molar-refractivity contribution in [3.05, 3.63) is 23.8 Å². The van der Waals surface area contributed by atoms with Gasteiger partial charge in [0.1, 0.15) is 5.75 Å². The second-order valence-corrected chi connectivity index (χ2v) is 4.48. The van der Waals surface area contributed by atoms with Gasteiger partial charge in [0.15, 0.2) is 0 Å². The summed E-state index contributed by atoms with van der Waals surface area (Å²) in [6.45, 7) is 4.61. The molecule has 19 heavy (non-hydrogen) atoms. The number of phenols is 1. The highest BCUT2D eigenvalue weighted by molar-refractivity contribution is 5.99. The van der Waals surface area contributed by atoms with Crippen molar-refractivity contribution in [1.82, 2.24) is 10.2 Å². The molecule has 6 nitrogen and oxygen atoms in total. The summed E-state index contributed by atoms with van der Waals surface area (Å²) in [6.07, 6.45) is 0. The number of nitrogens with one attached hydrogen (secondary N) is 1. The maximum Gasteiger partial charge on any atom is 0.253 e. The van der Waals surface area contributed by atoms with Crippen LogP contribution < -0.4 is 11.1 Å². The van der Waals surface area contributed by atoms with Crippen molar-refractivity contribution in [1.29, 1.82) is 0 Å². The number of carbonyl (C=O) groups excluding carboxylic acids is 1. The van der Waals surface area contributed by atoms with E-state index in [2.05, 4.69) is 10.2 Å². The fourth-order valence-electron chi connectivity index (χ4n) is 1.99. The zero-order valence-electron chi connectivity index (χ0n) is 10.8. The summed E-state index contributed by atoms with van der Waals surface area (Å²) in [6, 6.07) is 4.35. The molecule has 2 rings (SSSR count). The number of phenolic OH excluding ortho intramolecular Hbond substituents is 1. The van der Waals surface area contributed by atoms with Crippen LogP contribution in [0, 0.1) is 0 Å². The summed E-state index contributed by atoms with van der Waals surface area (Å²) in [5.74, 6) is -0.228. The average Bonchev–Trinajstić information content (AvgIpc) is 2.42. The Hall–Kier alpha value is -1.79. The molecule has 6 heteroatoms. The van der Waals surface area contributed by atoms with Gasteiger partial charge in [-0.3, -0.25) is 9.69 Å². The van der Waals surface area contributed by atoms with E-state index in [1.165, 1.54) is 18.2 Å². The third-order valence-electron chi connectivity index (χ3n) is 3.10. The standard InChI is InChI=1S/C13H19N3O3/c14-12-2-1-10(17)9-11(12)13(18)15-3-4-16-5-7-19-8-6-16/h1-2,9,17H,3-8,14H2,(H,15,18). The number of ether oxygens (including phenoxy) is 1. The van der Waals surface area contributed by atoms with Gasteiger partial charge in [-0.25, -0.2) is 0 Å². The average molecular weight is 265 g/mol. The van der Waals surface area contributed by atoms with Crippen LogP contribution in [0.3, 0.4) is 0 Å². The minimum atomic E-state index is -0.262. The molecule has 1 saturated heterocycles. The Kier molecular flexibility index (Phi) is 4.59. The van der Waals surface area contributed by atoms with Crippen LogP contribution in [0.2, 0.25) is 0 Å². The fourth-order valence-corrected chi connectivity index (χ4v) is 1.99. The molecular formula is C13H19N3O3. The lowest BCUT2D eigenvalue weighted by atomic mass is 10.1. The Morgan fingerprint density at radius 1 is 1.42 bits per heavy atom. The number of rotatable bonds is 4. The number of benzene rings is 1. The number of amides is 1. The summed E-state index contributed by atoms with van der Waals surface area (Å²) >= 11 is 0. The number of morpholine rings is 1. The van der Waals surface area contributed by atoms with E-state index in [1.54, 1.807) is 0 Å². The van der Waals surface area contributed by atoms with Crippen LogP contribution in [-0.2, 0) is 4.74 Å². The van der Waals surface area contributed by atoms with Crippen LogP contribution in [0.5, 0.6) is 5.75 Å². The summed E-state index contributed by atoms with van der Waals surface area (Å²) in [4.78, 5) is 14.1. The molecule has 1 aromatic rings. The number of nitrogens with two attached hydrogens (primary N) is 1. The topological polar surface area (TPSA) is 87.8 Å². The van der Waals surface area contributed by atoms with Crippen LogP contribution in [-0.4, -0.2) is 55.3 Å². The van der Waals surface area contributed by atoms with E-state index >= 15 is 0 Å². The minimum absolute atomic E-state index is 0.0347. The number of hydrogen-bond acceptors (Lipinski definition) is 5. The van der Waals surface area contributed by atoms with Gasteiger partial charge in [0, 0.05) is 31.9 Å². The molecule has 0 aromatic heterocycles. The number of hydrogen-bond donors (Lipinski definition) is 3. The molecule has 0 atom stereocenters. The molecule has 1 fully saturated rings. The molecule has 4 N–H and O–H groups in total. The second-order valence-electron chi connectivity index (χ2n) is 4.48. The number of anilines is 1. The number of nitrogens with zero attached hydrogens (tertiary/aromatic N) is 1. The Morgan fingerprint density at radius 2 is 2.16 bits per heavy atom. The molecule has 0 aliphatic carbocycles. The van der Waals surface area contributed by atoms with Crippen molar-refractivity contribution in [2.75, 3.05) is 45.1 Å². The maximum absolute atomic E-state index is 11.9. The highest BCUT2D eigenvalue weighted by Gasteiger charge is 2.12. The van der Waals surface area contributed by atoms with E-state index in [1.807, 2.05) is 0 Å².